The number of amides is 1. The van der Waals surface area contributed by atoms with Gasteiger partial charge in [0.2, 0.25) is 5.76 Å². The Balaban J connectivity index is 1.74. The number of phenols is 1. The standard InChI is InChI=1S/C25H21NO6/c1-3-30-20-12-15(7-8-18(20)27)22-21-23(28)17-11-14(2)6-9-19(17)32-24(21)25(29)26(22)13-16-5-4-10-31-16/h4-12,22,27H,3,13H2,1-2H3/t22-/m1/s1. The van der Waals surface area contributed by atoms with Crippen LogP contribution in [0.1, 0.15) is 46.0 Å². The topological polar surface area (TPSA) is 93.1 Å². The molecule has 162 valence electrons. The van der Waals surface area contributed by atoms with Gasteiger partial charge in [-0.2, -0.15) is 0 Å². The second-order valence-corrected chi connectivity index (χ2v) is 7.75. The van der Waals surface area contributed by atoms with E-state index in [9.17, 15) is 14.7 Å². The van der Waals surface area contributed by atoms with Gasteiger partial charge in [-0.1, -0.05) is 17.7 Å². The van der Waals surface area contributed by atoms with Gasteiger partial charge in [0.15, 0.2) is 16.9 Å². The molecule has 0 aliphatic carbocycles. The Morgan fingerprint density at radius 2 is 1.97 bits per heavy atom. The Morgan fingerprint density at radius 1 is 1.12 bits per heavy atom. The monoisotopic (exact) mass is 431 g/mol. The largest absolute Gasteiger partial charge is 0.504 e. The Kier molecular flexibility index (Phi) is 4.74. The number of benzene rings is 2. The van der Waals surface area contributed by atoms with Crippen molar-refractivity contribution in [2.24, 2.45) is 0 Å². The quantitative estimate of drug-likeness (QED) is 0.499. The lowest BCUT2D eigenvalue weighted by Gasteiger charge is -2.24. The third kappa shape index (κ3) is 3.13. The van der Waals surface area contributed by atoms with Gasteiger partial charge in [-0.05, 0) is 55.8 Å². The van der Waals surface area contributed by atoms with Gasteiger partial charge in [-0.25, -0.2) is 0 Å². The summed E-state index contributed by atoms with van der Waals surface area (Å²) in [5, 5.41) is 10.6. The van der Waals surface area contributed by atoms with E-state index in [1.165, 1.54) is 12.3 Å². The van der Waals surface area contributed by atoms with E-state index in [0.717, 1.165) is 5.56 Å². The summed E-state index contributed by atoms with van der Waals surface area (Å²) in [6.07, 6.45) is 1.53. The van der Waals surface area contributed by atoms with Gasteiger partial charge in [0.1, 0.15) is 11.3 Å². The van der Waals surface area contributed by atoms with E-state index in [1.807, 2.05) is 19.9 Å². The van der Waals surface area contributed by atoms with E-state index < -0.39 is 11.9 Å². The molecule has 0 spiro atoms. The lowest BCUT2D eigenvalue weighted by Crippen LogP contribution is -2.29. The zero-order valence-electron chi connectivity index (χ0n) is 17.6. The van der Waals surface area contributed by atoms with Gasteiger partial charge in [0.25, 0.3) is 5.91 Å². The molecule has 0 bridgehead atoms. The normalized spacial score (nSPS) is 15.4. The molecule has 32 heavy (non-hydrogen) atoms. The minimum Gasteiger partial charge on any atom is -0.504 e. The molecule has 2 aromatic carbocycles. The zero-order valence-corrected chi connectivity index (χ0v) is 17.6. The summed E-state index contributed by atoms with van der Waals surface area (Å²) < 4.78 is 17.0. The van der Waals surface area contributed by atoms with Crippen LogP contribution >= 0.6 is 0 Å². The average Bonchev–Trinajstić information content (AvgIpc) is 3.38. The first-order valence-corrected chi connectivity index (χ1v) is 10.3. The van der Waals surface area contributed by atoms with E-state index in [2.05, 4.69) is 0 Å². The lowest BCUT2D eigenvalue weighted by atomic mass is 9.97. The van der Waals surface area contributed by atoms with Crippen molar-refractivity contribution >= 4 is 16.9 Å². The maximum atomic E-state index is 13.6. The first-order valence-electron chi connectivity index (χ1n) is 10.3. The molecule has 3 heterocycles. The molecular formula is C25H21NO6. The number of fused-ring (bicyclic) bond motifs is 2. The van der Waals surface area contributed by atoms with E-state index in [1.54, 1.807) is 41.3 Å². The fourth-order valence-corrected chi connectivity index (χ4v) is 4.19. The third-order valence-corrected chi connectivity index (χ3v) is 5.63. The summed E-state index contributed by atoms with van der Waals surface area (Å²) in [6.45, 7) is 4.22. The number of aromatic hydroxyl groups is 1. The van der Waals surface area contributed by atoms with Gasteiger partial charge < -0.3 is 23.6 Å². The molecule has 2 aromatic heterocycles. The van der Waals surface area contributed by atoms with E-state index >= 15 is 0 Å². The molecule has 1 aliphatic rings. The zero-order chi connectivity index (χ0) is 22.4. The van der Waals surface area contributed by atoms with Crippen molar-refractivity contribution in [1.82, 2.24) is 4.90 Å². The van der Waals surface area contributed by atoms with Crippen molar-refractivity contribution in [1.29, 1.82) is 0 Å². The van der Waals surface area contributed by atoms with Crippen LogP contribution in [0.5, 0.6) is 11.5 Å². The highest BCUT2D eigenvalue weighted by Gasteiger charge is 2.43. The number of ether oxygens (including phenoxy) is 1. The van der Waals surface area contributed by atoms with Crippen molar-refractivity contribution in [3.05, 3.63) is 93.2 Å². The highest BCUT2D eigenvalue weighted by molar-refractivity contribution is 5.99. The average molecular weight is 431 g/mol. The van der Waals surface area contributed by atoms with Crippen LogP contribution in [0.25, 0.3) is 11.0 Å². The second kappa shape index (κ2) is 7.60. The van der Waals surface area contributed by atoms with Crippen LogP contribution < -0.4 is 10.2 Å². The summed E-state index contributed by atoms with van der Waals surface area (Å²) in [5.41, 5.74) is 1.93. The van der Waals surface area contributed by atoms with Crippen LogP contribution in [-0.2, 0) is 6.54 Å². The highest BCUT2D eigenvalue weighted by Crippen LogP contribution is 2.41. The first kappa shape index (κ1) is 19.9. The molecule has 7 nitrogen and oxygen atoms in total. The van der Waals surface area contributed by atoms with Gasteiger partial charge >= 0.3 is 0 Å². The minimum absolute atomic E-state index is 0.0149. The highest BCUT2D eigenvalue weighted by atomic mass is 16.5. The van der Waals surface area contributed by atoms with Crippen molar-refractivity contribution in [2.75, 3.05) is 6.61 Å². The molecule has 0 unspecified atom stereocenters. The van der Waals surface area contributed by atoms with E-state index in [4.69, 9.17) is 13.6 Å². The van der Waals surface area contributed by atoms with E-state index in [0.29, 0.717) is 28.9 Å². The van der Waals surface area contributed by atoms with Crippen molar-refractivity contribution in [3.8, 4) is 11.5 Å². The molecule has 1 amide bonds. The summed E-state index contributed by atoms with van der Waals surface area (Å²) in [5.74, 6) is 0.470. The van der Waals surface area contributed by atoms with Crippen molar-refractivity contribution < 1.29 is 23.5 Å². The Hall–Kier alpha value is -4.00. The number of nitrogens with zero attached hydrogens (tertiary/aromatic N) is 1. The van der Waals surface area contributed by atoms with Crippen molar-refractivity contribution in [2.45, 2.75) is 26.4 Å². The van der Waals surface area contributed by atoms with Gasteiger partial charge in [0.05, 0.1) is 36.4 Å². The molecule has 4 aromatic rings. The van der Waals surface area contributed by atoms with Crippen LogP contribution in [0.4, 0.5) is 0 Å². The molecule has 1 atom stereocenters. The molecule has 1 N–H and O–H groups in total. The summed E-state index contributed by atoms with van der Waals surface area (Å²) in [7, 11) is 0. The predicted molar refractivity (Wildman–Crippen MR) is 117 cm³/mol. The third-order valence-electron chi connectivity index (χ3n) is 5.63. The Morgan fingerprint density at radius 3 is 2.72 bits per heavy atom. The molecule has 0 radical (unpaired) electrons. The number of carbonyl (C=O) groups excluding carboxylic acids is 1. The number of furan rings is 1. The summed E-state index contributed by atoms with van der Waals surface area (Å²) in [4.78, 5) is 28.5. The fourth-order valence-electron chi connectivity index (χ4n) is 4.19. The SMILES string of the molecule is CCOc1cc([C@@H]2c3c(oc4ccc(C)cc4c3=O)C(=O)N2Cc2ccco2)ccc1O. The van der Waals surface area contributed by atoms with Crippen LogP contribution in [0.2, 0.25) is 0 Å². The Bertz CT molecular complexity index is 1390. The molecule has 0 saturated heterocycles. The number of rotatable bonds is 5. The van der Waals surface area contributed by atoms with Gasteiger partial charge in [-0.3, -0.25) is 9.59 Å². The van der Waals surface area contributed by atoms with Crippen LogP contribution in [-0.4, -0.2) is 22.5 Å². The van der Waals surface area contributed by atoms with Gasteiger partial charge in [0, 0.05) is 0 Å². The molecule has 7 heteroatoms. The molecular weight excluding hydrogens is 410 g/mol. The number of carbonyl (C=O) groups is 1. The maximum Gasteiger partial charge on any atom is 0.291 e. The van der Waals surface area contributed by atoms with E-state index in [-0.39, 0.29) is 34.8 Å². The van der Waals surface area contributed by atoms with Crippen molar-refractivity contribution in [3.63, 3.8) is 0 Å². The predicted octanol–water partition coefficient (Wildman–Crippen LogP) is 4.54. The number of phenolic OH excluding ortho intramolecular Hbond substituents is 1. The molecule has 5 rings (SSSR count). The smallest absolute Gasteiger partial charge is 0.291 e. The summed E-state index contributed by atoms with van der Waals surface area (Å²) >= 11 is 0. The van der Waals surface area contributed by atoms with Crippen LogP contribution in [0.3, 0.4) is 0 Å². The second-order valence-electron chi connectivity index (χ2n) is 7.75. The van der Waals surface area contributed by atoms with Crippen LogP contribution in [0, 0.1) is 6.92 Å². The molecule has 1 aliphatic heterocycles. The lowest BCUT2D eigenvalue weighted by molar-refractivity contribution is 0.0701. The fraction of sp³-hybridized carbons (Fsp3) is 0.200. The number of aryl methyl sites for hydroxylation is 1. The first-order chi connectivity index (χ1) is 15.5. The minimum atomic E-state index is -0.719. The Labute approximate surface area is 183 Å². The van der Waals surface area contributed by atoms with Gasteiger partial charge in [-0.15, -0.1) is 0 Å². The maximum absolute atomic E-state index is 13.6. The molecule has 0 saturated carbocycles. The number of hydrogen-bond acceptors (Lipinski definition) is 6. The summed E-state index contributed by atoms with van der Waals surface area (Å²) in [6, 6.07) is 12.9. The number of hydrogen-bond donors (Lipinski definition) is 1. The van der Waals surface area contributed by atoms with Crippen LogP contribution in [0.15, 0.2) is 68.4 Å². The molecule has 0 fully saturated rings.